The maximum absolute atomic E-state index is 12.5. The molecule has 0 fully saturated rings. The topological polar surface area (TPSA) is 92.3 Å². The number of nitrogens with zero attached hydrogens (tertiary/aromatic N) is 4. The molecule has 0 spiro atoms. The van der Waals surface area contributed by atoms with Crippen LogP contribution in [0.15, 0.2) is 60.8 Å². The fourth-order valence-corrected chi connectivity index (χ4v) is 3.97. The monoisotopic (exact) mass is 453 g/mol. The Morgan fingerprint density at radius 2 is 1.79 bits per heavy atom. The van der Waals surface area contributed by atoms with Crippen molar-refractivity contribution < 1.29 is 9.53 Å². The number of aryl methyl sites for hydroxylation is 2. The average Bonchev–Trinajstić information content (AvgIpc) is 3.26. The van der Waals surface area contributed by atoms with Gasteiger partial charge in [0.25, 0.3) is 0 Å². The Morgan fingerprint density at radius 3 is 2.59 bits per heavy atom. The minimum Gasteiger partial charge on any atom is -0.372 e. The summed E-state index contributed by atoms with van der Waals surface area (Å²) in [7, 11) is 0. The maximum Gasteiger partial charge on any atom is 0.220 e. The number of amides is 1. The van der Waals surface area contributed by atoms with Crippen molar-refractivity contribution in [1.29, 1.82) is 5.26 Å². The SMILES string of the molecule is Cc1nc2c(C#N)cnn2c(C)c1CCC(=O)NCc1cccc(COCc2ccccc2)c1. The minimum atomic E-state index is -0.0252. The van der Waals surface area contributed by atoms with Crippen LogP contribution in [0.4, 0.5) is 0 Å². The van der Waals surface area contributed by atoms with Crippen molar-refractivity contribution in [3.05, 3.63) is 100.0 Å². The normalized spacial score (nSPS) is 10.9. The van der Waals surface area contributed by atoms with E-state index in [0.717, 1.165) is 33.6 Å². The van der Waals surface area contributed by atoms with E-state index in [4.69, 9.17) is 4.74 Å². The molecule has 0 saturated carbocycles. The van der Waals surface area contributed by atoms with Crippen LogP contribution in [-0.4, -0.2) is 20.5 Å². The van der Waals surface area contributed by atoms with Crippen LogP contribution in [-0.2, 0) is 35.7 Å². The zero-order valence-corrected chi connectivity index (χ0v) is 19.4. The Bertz CT molecular complexity index is 1340. The Balaban J connectivity index is 1.29. The Labute approximate surface area is 199 Å². The van der Waals surface area contributed by atoms with E-state index in [1.807, 2.05) is 62.4 Å². The summed E-state index contributed by atoms with van der Waals surface area (Å²) in [6.45, 7) is 5.39. The number of nitrogens with one attached hydrogen (secondary N) is 1. The molecule has 2 heterocycles. The molecule has 2 aromatic carbocycles. The highest BCUT2D eigenvalue weighted by molar-refractivity contribution is 5.76. The van der Waals surface area contributed by atoms with Gasteiger partial charge in [-0.3, -0.25) is 4.79 Å². The third-order valence-electron chi connectivity index (χ3n) is 5.79. The number of carbonyl (C=O) groups is 1. The lowest BCUT2D eigenvalue weighted by molar-refractivity contribution is -0.121. The van der Waals surface area contributed by atoms with Crippen LogP contribution in [0, 0.1) is 25.2 Å². The van der Waals surface area contributed by atoms with Crippen molar-refractivity contribution >= 4 is 11.6 Å². The van der Waals surface area contributed by atoms with Crippen LogP contribution in [0.5, 0.6) is 0 Å². The molecule has 0 saturated heterocycles. The van der Waals surface area contributed by atoms with Crippen LogP contribution in [0.25, 0.3) is 5.65 Å². The van der Waals surface area contributed by atoms with Crippen molar-refractivity contribution in [3.8, 4) is 6.07 Å². The lowest BCUT2D eigenvalue weighted by atomic mass is 10.1. The first-order valence-corrected chi connectivity index (χ1v) is 11.2. The first kappa shape index (κ1) is 23.1. The molecule has 2 aromatic heterocycles. The summed E-state index contributed by atoms with van der Waals surface area (Å²) in [6.07, 6.45) is 2.43. The molecule has 1 amide bonds. The van der Waals surface area contributed by atoms with Crippen molar-refractivity contribution in [3.63, 3.8) is 0 Å². The molecular weight excluding hydrogens is 426 g/mol. The van der Waals surface area contributed by atoms with Gasteiger partial charge in [-0.15, -0.1) is 0 Å². The van der Waals surface area contributed by atoms with Crippen LogP contribution in [0.3, 0.4) is 0 Å². The number of carbonyl (C=O) groups excluding carboxylic acids is 1. The number of ether oxygens (including phenoxy) is 1. The molecular formula is C27H27N5O2. The Hall–Kier alpha value is -4.02. The average molecular weight is 454 g/mol. The second kappa shape index (κ2) is 10.7. The van der Waals surface area contributed by atoms with Gasteiger partial charge in [0.2, 0.25) is 5.91 Å². The van der Waals surface area contributed by atoms with E-state index in [9.17, 15) is 10.1 Å². The number of fused-ring (bicyclic) bond motifs is 1. The summed E-state index contributed by atoms with van der Waals surface area (Å²) in [6, 6.07) is 20.3. The molecule has 7 heteroatoms. The highest BCUT2D eigenvalue weighted by Crippen LogP contribution is 2.18. The number of hydrogen-bond donors (Lipinski definition) is 1. The number of rotatable bonds is 9. The molecule has 0 radical (unpaired) electrons. The van der Waals surface area contributed by atoms with E-state index in [2.05, 4.69) is 27.5 Å². The second-order valence-electron chi connectivity index (χ2n) is 8.24. The van der Waals surface area contributed by atoms with E-state index in [0.29, 0.717) is 43.8 Å². The predicted molar refractivity (Wildman–Crippen MR) is 129 cm³/mol. The van der Waals surface area contributed by atoms with Crippen molar-refractivity contribution in [2.24, 2.45) is 0 Å². The maximum atomic E-state index is 12.5. The summed E-state index contributed by atoms with van der Waals surface area (Å²) in [5.74, 6) is -0.0252. The highest BCUT2D eigenvalue weighted by Gasteiger charge is 2.14. The van der Waals surface area contributed by atoms with Gasteiger partial charge < -0.3 is 10.1 Å². The number of nitriles is 1. The van der Waals surface area contributed by atoms with E-state index in [1.54, 1.807) is 4.52 Å². The van der Waals surface area contributed by atoms with Crippen molar-refractivity contribution in [2.75, 3.05) is 0 Å². The van der Waals surface area contributed by atoms with E-state index < -0.39 is 0 Å². The summed E-state index contributed by atoms with van der Waals surface area (Å²) in [5, 5.41) is 16.5. The van der Waals surface area contributed by atoms with E-state index in [-0.39, 0.29) is 5.91 Å². The van der Waals surface area contributed by atoms with Crippen LogP contribution >= 0.6 is 0 Å². The molecule has 0 atom stereocenters. The molecule has 4 rings (SSSR count). The molecule has 0 aliphatic carbocycles. The number of benzene rings is 2. The molecule has 0 aliphatic rings. The van der Waals surface area contributed by atoms with Gasteiger partial charge in [-0.25, -0.2) is 9.50 Å². The van der Waals surface area contributed by atoms with Gasteiger partial charge in [0.1, 0.15) is 11.6 Å². The van der Waals surface area contributed by atoms with Crippen LogP contribution in [0.1, 0.15) is 45.6 Å². The van der Waals surface area contributed by atoms with Gasteiger partial charge in [0.15, 0.2) is 5.65 Å². The largest absolute Gasteiger partial charge is 0.372 e. The molecule has 0 aliphatic heterocycles. The molecule has 34 heavy (non-hydrogen) atoms. The van der Waals surface area contributed by atoms with Crippen LogP contribution in [0.2, 0.25) is 0 Å². The minimum absolute atomic E-state index is 0.0252. The Morgan fingerprint density at radius 1 is 1.06 bits per heavy atom. The first-order valence-electron chi connectivity index (χ1n) is 11.2. The smallest absolute Gasteiger partial charge is 0.220 e. The highest BCUT2D eigenvalue weighted by atomic mass is 16.5. The lowest BCUT2D eigenvalue weighted by Gasteiger charge is -2.12. The summed E-state index contributed by atoms with van der Waals surface area (Å²) in [4.78, 5) is 17.0. The van der Waals surface area contributed by atoms with Gasteiger partial charge in [0, 0.05) is 24.4 Å². The molecule has 0 bridgehead atoms. The fraction of sp³-hybridized carbons (Fsp3) is 0.259. The zero-order valence-electron chi connectivity index (χ0n) is 19.4. The van der Waals surface area contributed by atoms with Crippen molar-refractivity contribution in [2.45, 2.75) is 46.4 Å². The molecule has 7 nitrogen and oxygen atoms in total. The van der Waals surface area contributed by atoms with Crippen LogP contribution < -0.4 is 5.32 Å². The molecule has 0 unspecified atom stereocenters. The quantitative estimate of drug-likeness (QED) is 0.410. The van der Waals surface area contributed by atoms with Gasteiger partial charge in [-0.2, -0.15) is 10.4 Å². The standard InChI is InChI=1S/C27H27N5O2/c1-19-25(20(2)32-27(31-19)24(14-28)16-30-32)11-12-26(33)29-15-22-9-6-10-23(13-22)18-34-17-21-7-4-3-5-8-21/h3-10,13,16H,11-12,15,17-18H2,1-2H3,(H,29,33). The van der Waals surface area contributed by atoms with Crippen molar-refractivity contribution in [1.82, 2.24) is 19.9 Å². The van der Waals surface area contributed by atoms with Gasteiger partial charge in [0.05, 0.1) is 19.4 Å². The first-order chi connectivity index (χ1) is 16.5. The second-order valence-corrected chi connectivity index (χ2v) is 8.24. The number of hydrogen-bond acceptors (Lipinski definition) is 5. The van der Waals surface area contributed by atoms with Gasteiger partial charge in [-0.05, 0) is 42.5 Å². The van der Waals surface area contributed by atoms with Gasteiger partial charge in [-0.1, -0.05) is 54.6 Å². The summed E-state index contributed by atoms with van der Waals surface area (Å²) < 4.78 is 7.49. The third-order valence-corrected chi connectivity index (χ3v) is 5.79. The summed E-state index contributed by atoms with van der Waals surface area (Å²) >= 11 is 0. The molecule has 4 aromatic rings. The lowest BCUT2D eigenvalue weighted by Crippen LogP contribution is -2.23. The fourth-order valence-electron chi connectivity index (χ4n) is 3.97. The molecule has 172 valence electrons. The predicted octanol–water partition coefficient (Wildman–Crippen LogP) is 4.18. The molecule has 1 N–H and O–H groups in total. The van der Waals surface area contributed by atoms with E-state index >= 15 is 0 Å². The van der Waals surface area contributed by atoms with E-state index in [1.165, 1.54) is 6.20 Å². The van der Waals surface area contributed by atoms with Gasteiger partial charge >= 0.3 is 0 Å². The summed E-state index contributed by atoms with van der Waals surface area (Å²) in [5.41, 5.74) is 6.95. The Kier molecular flexibility index (Phi) is 7.31. The zero-order chi connectivity index (χ0) is 23.9. The third kappa shape index (κ3) is 5.48. The number of aromatic nitrogens is 3.